The van der Waals surface area contributed by atoms with Crippen LogP contribution in [0.3, 0.4) is 0 Å². The van der Waals surface area contributed by atoms with Gasteiger partial charge in [0.15, 0.2) is 11.0 Å². The third kappa shape index (κ3) is 4.90. The Morgan fingerprint density at radius 1 is 1.28 bits per heavy atom. The van der Waals surface area contributed by atoms with E-state index < -0.39 is 16.6 Å². The summed E-state index contributed by atoms with van der Waals surface area (Å²) in [6.45, 7) is 2.50. The predicted octanol–water partition coefficient (Wildman–Crippen LogP) is 4.40. The number of aromatic nitrogens is 3. The summed E-state index contributed by atoms with van der Waals surface area (Å²) in [5.41, 5.74) is 0.273. The van der Waals surface area contributed by atoms with Crippen molar-refractivity contribution in [2.75, 3.05) is 11.1 Å². The normalized spacial score (nSPS) is 10.7. The van der Waals surface area contributed by atoms with E-state index in [1.807, 2.05) is 23.6 Å². The maximum atomic E-state index is 13.8. The second kappa shape index (κ2) is 9.01. The lowest BCUT2D eigenvalue weighted by molar-refractivity contribution is -0.384. The Morgan fingerprint density at radius 3 is 2.66 bits per heavy atom. The Hall–Kier alpha value is -2.98. The highest BCUT2D eigenvalue weighted by atomic mass is 35.5. The predicted molar refractivity (Wildman–Crippen MR) is 109 cm³/mol. The zero-order valence-electron chi connectivity index (χ0n) is 15.1. The minimum absolute atomic E-state index is 0.0686. The fraction of sp³-hybridized carbons (Fsp3) is 0.167. The maximum absolute atomic E-state index is 13.8. The van der Waals surface area contributed by atoms with Gasteiger partial charge in [-0.1, -0.05) is 23.4 Å². The highest BCUT2D eigenvalue weighted by molar-refractivity contribution is 7.99. The van der Waals surface area contributed by atoms with Crippen molar-refractivity contribution in [2.24, 2.45) is 0 Å². The third-order valence-corrected chi connectivity index (χ3v) is 5.12. The molecule has 0 radical (unpaired) electrons. The van der Waals surface area contributed by atoms with E-state index in [4.69, 9.17) is 11.6 Å². The number of carbonyl (C=O) groups is 1. The number of hydrogen-bond acceptors (Lipinski definition) is 6. The van der Waals surface area contributed by atoms with Crippen LogP contribution in [-0.4, -0.2) is 31.3 Å². The minimum Gasteiger partial charge on any atom is -0.323 e. The molecule has 150 valence electrons. The molecule has 2 aromatic carbocycles. The summed E-state index contributed by atoms with van der Waals surface area (Å²) in [7, 11) is 0. The molecule has 0 bridgehead atoms. The highest BCUT2D eigenvalue weighted by Gasteiger charge is 2.16. The summed E-state index contributed by atoms with van der Waals surface area (Å²) in [5.74, 6) is -0.707. The number of amides is 1. The first kappa shape index (κ1) is 20.7. The number of carbonyl (C=O) groups excluding carboxylic acids is 1. The maximum Gasteiger partial charge on any atom is 0.271 e. The van der Waals surface area contributed by atoms with Crippen molar-refractivity contribution in [1.29, 1.82) is 0 Å². The smallest absolute Gasteiger partial charge is 0.271 e. The van der Waals surface area contributed by atoms with Crippen LogP contribution in [0.25, 0.3) is 11.4 Å². The fourth-order valence-corrected chi connectivity index (χ4v) is 3.46. The van der Waals surface area contributed by atoms with Gasteiger partial charge in [-0.15, -0.1) is 10.2 Å². The molecule has 8 nitrogen and oxygen atoms in total. The molecule has 0 spiro atoms. The van der Waals surface area contributed by atoms with Crippen molar-refractivity contribution in [2.45, 2.75) is 18.6 Å². The molecule has 0 saturated heterocycles. The largest absolute Gasteiger partial charge is 0.323 e. The summed E-state index contributed by atoms with van der Waals surface area (Å²) >= 11 is 7.04. The molecule has 1 N–H and O–H groups in total. The van der Waals surface area contributed by atoms with E-state index in [1.165, 1.54) is 0 Å². The molecule has 0 atom stereocenters. The zero-order valence-corrected chi connectivity index (χ0v) is 16.7. The van der Waals surface area contributed by atoms with Gasteiger partial charge in [-0.3, -0.25) is 14.9 Å². The summed E-state index contributed by atoms with van der Waals surface area (Å²) in [6, 6.07) is 10.1. The number of benzene rings is 2. The summed E-state index contributed by atoms with van der Waals surface area (Å²) in [6.07, 6.45) is 0. The lowest BCUT2D eigenvalue weighted by atomic mass is 10.2. The average Bonchev–Trinajstić information content (AvgIpc) is 3.11. The molecular weight excluding hydrogens is 421 g/mol. The van der Waals surface area contributed by atoms with Crippen molar-refractivity contribution >= 4 is 40.6 Å². The molecule has 1 aromatic heterocycles. The van der Waals surface area contributed by atoms with Crippen LogP contribution in [0.15, 0.2) is 47.6 Å². The van der Waals surface area contributed by atoms with Crippen LogP contribution < -0.4 is 5.32 Å². The molecule has 0 aliphatic heterocycles. The van der Waals surface area contributed by atoms with Gasteiger partial charge in [0.2, 0.25) is 5.91 Å². The van der Waals surface area contributed by atoms with E-state index in [1.54, 1.807) is 12.1 Å². The monoisotopic (exact) mass is 435 g/mol. The van der Waals surface area contributed by atoms with Crippen LogP contribution >= 0.6 is 23.4 Å². The van der Waals surface area contributed by atoms with E-state index >= 15 is 0 Å². The molecule has 3 rings (SSSR count). The minimum atomic E-state index is -0.754. The molecular formula is C18H15ClFN5O3S. The quantitative estimate of drug-likeness (QED) is 0.335. The number of nitro groups is 1. The Morgan fingerprint density at radius 2 is 2.00 bits per heavy atom. The van der Waals surface area contributed by atoms with Gasteiger partial charge in [0.05, 0.1) is 16.4 Å². The highest BCUT2D eigenvalue weighted by Crippen LogP contribution is 2.26. The van der Waals surface area contributed by atoms with Crippen LogP contribution in [0.5, 0.6) is 0 Å². The van der Waals surface area contributed by atoms with Crippen molar-refractivity contribution in [3.05, 3.63) is 63.4 Å². The van der Waals surface area contributed by atoms with Crippen LogP contribution in [0, 0.1) is 15.9 Å². The van der Waals surface area contributed by atoms with Crippen LogP contribution in [0.4, 0.5) is 15.8 Å². The van der Waals surface area contributed by atoms with E-state index in [-0.39, 0.29) is 17.1 Å². The standard InChI is InChI=1S/C18H15ClFN5O3S/c1-2-24-17(11-3-5-12(19)6-4-11)22-23-18(24)29-10-16(26)21-15-9-13(25(27)28)7-8-14(15)20/h3-9H,2,10H2,1H3,(H,21,26). The molecule has 1 amide bonds. The fourth-order valence-electron chi connectivity index (χ4n) is 2.53. The SMILES string of the molecule is CCn1c(SCC(=O)Nc2cc([N+](=O)[O-])ccc2F)nnc1-c1ccc(Cl)cc1. The number of non-ortho nitro benzene ring substituents is 1. The number of nitrogens with zero attached hydrogens (tertiary/aromatic N) is 4. The number of nitrogens with one attached hydrogen (secondary N) is 1. The molecule has 0 aliphatic rings. The summed E-state index contributed by atoms with van der Waals surface area (Å²) in [5, 5.41) is 22.6. The van der Waals surface area contributed by atoms with Crippen molar-refractivity contribution in [1.82, 2.24) is 14.8 Å². The van der Waals surface area contributed by atoms with Gasteiger partial charge in [-0.25, -0.2) is 4.39 Å². The van der Waals surface area contributed by atoms with Gasteiger partial charge < -0.3 is 9.88 Å². The summed E-state index contributed by atoms with van der Waals surface area (Å²) < 4.78 is 15.7. The molecule has 0 aliphatic carbocycles. The van der Waals surface area contributed by atoms with Crippen molar-refractivity contribution in [3.8, 4) is 11.4 Å². The molecule has 3 aromatic rings. The first-order valence-corrected chi connectivity index (χ1v) is 9.81. The van der Waals surface area contributed by atoms with Gasteiger partial charge in [0, 0.05) is 29.3 Å². The Bertz CT molecular complexity index is 1060. The van der Waals surface area contributed by atoms with Gasteiger partial charge in [0.25, 0.3) is 5.69 Å². The number of halogens is 2. The van der Waals surface area contributed by atoms with Crippen molar-refractivity contribution in [3.63, 3.8) is 0 Å². The Labute approximate surface area is 174 Å². The van der Waals surface area contributed by atoms with E-state index in [0.29, 0.717) is 22.5 Å². The molecule has 11 heteroatoms. The lowest BCUT2D eigenvalue weighted by Gasteiger charge is -2.08. The molecule has 29 heavy (non-hydrogen) atoms. The second-order valence-electron chi connectivity index (χ2n) is 5.82. The third-order valence-electron chi connectivity index (χ3n) is 3.90. The van der Waals surface area contributed by atoms with E-state index in [9.17, 15) is 19.3 Å². The van der Waals surface area contributed by atoms with E-state index in [0.717, 1.165) is 35.5 Å². The van der Waals surface area contributed by atoms with Gasteiger partial charge in [0.1, 0.15) is 5.82 Å². The number of nitro benzene ring substituents is 1. The van der Waals surface area contributed by atoms with Crippen LogP contribution in [-0.2, 0) is 11.3 Å². The van der Waals surface area contributed by atoms with Crippen LogP contribution in [0.1, 0.15) is 6.92 Å². The first-order chi connectivity index (χ1) is 13.9. The van der Waals surface area contributed by atoms with Gasteiger partial charge in [-0.2, -0.15) is 0 Å². The molecule has 1 heterocycles. The average molecular weight is 436 g/mol. The first-order valence-electron chi connectivity index (χ1n) is 8.44. The Kier molecular flexibility index (Phi) is 6.45. The summed E-state index contributed by atoms with van der Waals surface area (Å²) in [4.78, 5) is 22.3. The number of thioether (sulfide) groups is 1. The van der Waals surface area contributed by atoms with Gasteiger partial charge >= 0.3 is 0 Å². The Balaban J connectivity index is 1.70. The molecule has 0 saturated carbocycles. The number of hydrogen-bond donors (Lipinski definition) is 1. The van der Waals surface area contributed by atoms with Crippen LogP contribution in [0.2, 0.25) is 5.02 Å². The zero-order chi connectivity index (χ0) is 21.0. The number of anilines is 1. The number of rotatable bonds is 7. The van der Waals surface area contributed by atoms with E-state index in [2.05, 4.69) is 15.5 Å². The lowest BCUT2D eigenvalue weighted by Crippen LogP contribution is -2.15. The van der Waals surface area contributed by atoms with Crippen molar-refractivity contribution < 1.29 is 14.1 Å². The second-order valence-corrected chi connectivity index (χ2v) is 7.19. The molecule has 0 unspecified atom stereocenters. The topological polar surface area (TPSA) is 103 Å². The molecule has 0 fully saturated rings. The van der Waals surface area contributed by atoms with Gasteiger partial charge in [-0.05, 0) is 37.3 Å².